The number of carbonyl (C=O) groups excluding carboxylic acids is 1. The summed E-state index contributed by atoms with van der Waals surface area (Å²) in [6.07, 6.45) is 2.34. The molecule has 0 aromatic carbocycles. The molecule has 0 fully saturated rings. The van der Waals surface area contributed by atoms with Gasteiger partial charge in [0.25, 0.3) is 6.47 Å². The van der Waals surface area contributed by atoms with Gasteiger partial charge in [0.2, 0.25) is 0 Å². The van der Waals surface area contributed by atoms with E-state index in [4.69, 9.17) is 5.11 Å². The fourth-order valence-corrected chi connectivity index (χ4v) is 0.878. The molecule has 13 heavy (non-hydrogen) atoms. The lowest BCUT2D eigenvalue weighted by Gasteiger charge is -1.98. The third-order valence-corrected chi connectivity index (χ3v) is 1.47. The van der Waals surface area contributed by atoms with Gasteiger partial charge in [0, 0.05) is 13.0 Å². The van der Waals surface area contributed by atoms with Crippen LogP contribution >= 0.6 is 0 Å². The smallest absolute Gasteiger partial charge is 0.293 e. The Hall–Kier alpha value is -1.43. The number of aryl methyl sites for hydroxylation is 1. The van der Waals surface area contributed by atoms with Crippen LogP contribution in [0.4, 0.5) is 0 Å². The van der Waals surface area contributed by atoms with Gasteiger partial charge in [0.15, 0.2) is 0 Å². The Morgan fingerprint density at radius 3 is 3.15 bits per heavy atom. The Kier molecular flexibility index (Phi) is 3.90. The van der Waals surface area contributed by atoms with E-state index in [0.717, 1.165) is 0 Å². The summed E-state index contributed by atoms with van der Waals surface area (Å²) in [7, 11) is 0. The fourth-order valence-electron chi connectivity index (χ4n) is 0.878. The number of carbonyl (C=O) groups is 1. The first-order chi connectivity index (χ1) is 6.36. The van der Waals surface area contributed by atoms with Crippen LogP contribution in [0.1, 0.15) is 12.1 Å². The van der Waals surface area contributed by atoms with Crippen LogP contribution in [0.25, 0.3) is 0 Å². The summed E-state index contributed by atoms with van der Waals surface area (Å²) in [6.45, 7) is 1.31. The maximum atomic E-state index is 9.78. The molecule has 6 nitrogen and oxygen atoms in total. The molecule has 0 atom stereocenters. The molecule has 1 aromatic heterocycles. The van der Waals surface area contributed by atoms with E-state index >= 15 is 0 Å². The highest BCUT2D eigenvalue weighted by Gasteiger charge is 1.97. The summed E-state index contributed by atoms with van der Waals surface area (Å²) in [5, 5.41) is 16.1. The molecule has 0 aliphatic carbocycles. The molecule has 1 N–H and O–H groups in total. The zero-order chi connectivity index (χ0) is 9.52. The molecule has 0 radical (unpaired) electrons. The van der Waals surface area contributed by atoms with Crippen molar-refractivity contribution in [1.82, 2.24) is 15.0 Å². The zero-order valence-corrected chi connectivity index (χ0v) is 7.09. The second-order valence-electron chi connectivity index (χ2n) is 2.45. The minimum absolute atomic E-state index is 0.106. The largest absolute Gasteiger partial charge is 0.468 e. The molecule has 0 amide bonds. The van der Waals surface area contributed by atoms with Crippen LogP contribution < -0.4 is 0 Å². The molecule has 0 saturated heterocycles. The van der Waals surface area contributed by atoms with Crippen molar-refractivity contribution < 1.29 is 14.6 Å². The second-order valence-corrected chi connectivity index (χ2v) is 2.45. The van der Waals surface area contributed by atoms with Crippen molar-refractivity contribution in [3.05, 3.63) is 11.9 Å². The van der Waals surface area contributed by atoms with Gasteiger partial charge in [-0.25, -0.2) is 0 Å². The van der Waals surface area contributed by atoms with Gasteiger partial charge in [-0.15, -0.1) is 5.10 Å². The Labute approximate surface area is 75.1 Å². The first kappa shape index (κ1) is 9.66. The number of aliphatic hydroxyl groups excluding tert-OH is 1. The number of hydrogen-bond acceptors (Lipinski definition) is 5. The maximum absolute atomic E-state index is 9.78. The molecule has 0 aliphatic rings. The number of nitrogens with zero attached hydrogens (tertiary/aromatic N) is 3. The van der Waals surface area contributed by atoms with Crippen LogP contribution in [0.15, 0.2) is 6.20 Å². The van der Waals surface area contributed by atoms with Crippen molar-refractivity contribution in [2.45, 2.75) is 19.6 Å². The highest BCUT2D eigenvalue weighted by atomic mass is 16.5. The van der Waals surface area contributed by atoms with E-state index in [1.807, 2.05) is 0 Å². The quantitative estimate of drug-likeness (QED) is 0.470. The average molecular weight is 185 g/mol. The first-order valence-corrected chi connectivity index (χ1v) is 3.92. The molecule has 0 unspecified atom stereocenters. The van der Waals surface area contributed by atoms with Gasteiger partial charge < -0.3 is 9.84 Å². The lowest BCUT2D eigenvalue weighted by molar-refractivity contribution is -0.128. The van der Waals surface area contributed by atoms with E-state index < -0.39 is 0 Å². The van der Waals surface area contributed by atoms with Gasteiger partial charge in [-0.1, -0.05) is 5.21 Å². The minimum Gasteiger partial charge on any atom is -0.468 e. The van der Waals surface area contributed by atoms with E-state index in [2.05, 4.69) is 15.0 Å². The minimum atomic E-state index is -0.106. The number of hydrogen-bond donors (Lipinski definition) is 1. The topological polar surface area (TPSA) is 77.2 Å². The second kappa shape index (κ2) is 5.26. The van der Waals surface area contributed by atoms with Crippen LogP contribution in [0.2, 0.25) is 0 Å². The summed E-state index contributed by atoms with van der Waals surface area (Å²) in [5.41, 5.74) is 0.538. The monoisotopic (exact) mass is 185 g/mol. The third kappa shape index (κ3) is 3.20. The molecule has 0 saturated carbocycles. The predicted molar refractivity (Wildman–Crippen MR) is 42.6 cm³/mol. The van der Waals surface area contributed by atoms with Crippen molar-refractivity contribution >= 4 is 6.47 Å². The molecule has 0 aliphatic heterocycles. The number of ether oxygens (including phenoxy) is 1. The summed E-state index contributed by atoms with van der Waals surface area (Å²) in [4.78, 5) is 9.78. The van der Waals surface area contributed by atoms with Crippen molar-refractivity contribution in [3.8, 4) is 0 Å². The van der Waals surface area contributed by atoms with Gasteiger partial charge in [-0.05, 0) is 0 Å². The Bertz CT molecular complexity index is 261. The van der Waals surface area contributed by atoms with Crippen LogP contribution in [0.5, 0.6) is 0 Å². The molecule has 72 valence electrons. The van der Waals surface area contributed by atoms with Crippen LogP contribution in [-0.4, -0.2) is 33.2 Å². The molecular weight excluding hydrogens is 174 g/mol. The maximum Gasteiger partial charge on any atom is 0.293 e. The van der Waals surface area contributed by atoms with Crippen LogP contribution in [0.3, 0.4) is 0 Å². The number of rotatable bonds is 6. The molecule has 0 spiro atoms. The van der Waals surface area contributed by atoms with Gasteiger partial charge in [-0.2, -0.15) is 0 Å². The van der Waals surface area contributed by atoms with Crippen molar-refractivity contribution in [2.24, 2.45) is 0 Å². The van der Waals surface area contributed by atoms with Gasteiger partial charge in [0.05, 0.1) is 19.4 Å². The number of aromatic nitrogens is 3. The highest BCUT2D eigenvalue weighted by Crippen LogP contribution is 1.93. The van der Waals surface area contributed by atoms with E-state index in [1.165, 1.54) is 0 Å². The fraction of sp³-hybridized carbons (Fsp3) is 0.571. The highest BCUT2D eigenvalue weighted by molar-refractivity contribution is 5.36. The lowest BCUT2D eigenvalue weighted by atomic mass is 10.4. The van der Waals surface area contributed by atoms with E-state index in [0.29, 0.717) is 31.7 Å². The van der Waals surface area contributed by atoms with Gasteiger partial charge in [0.1, 0.15) is 5.69 Å². The molecule has 1 aromatic rings. The normalized spacial score (nSPS) is 9.92. The molecular formula is C7H11N3O3. The molecule has 1 heterocycles. The third-order valence-electron chi connectivity index (χ3n) is 1.47. The SMILES string of the molecule is O=COCCCn1cc(CO)nn1. The van der Waals surface area contributed by atoms with Crippen LogP contribution in [-0.2, 0) is 22.7 Å². The lowest BCUT2D eigenvalue weighted by Crippen LogP contribution is -2.02. The summed E-state index contributed by atoms with van der Waals surface area (Å²) in [6, 6.07) is 0. The number of aliphatic hydroxyl groups is 1. The van der Waals surface area contributed by atoms with Gasteiger partial charge in [-0.3, -0.25) is 9.48 Å². The van der Waals surface area contributed by atoms with Crippen molar-refractivity contribution in [2.75, 3.05) is 6.61 Å². The summed E-state index contributed by atoms with van der Waals surface area (Å²) >= 11 is 0. The van der Waals surface area contributed by atoms with Gasteiger partial charge >= 0.3 is 0 Å². The summed E-state index contributed by atoms with van der Waals surface area (Å²) < 4.78 is 6.09. The molecule has 1 rings (SSSR count). The van der Waals surface area contributed by atoms with Crippen molar-refractivity contribution in [3.63, 3.8) is 0 Å². The van der Waals surface area contributed by atoms with E-state index in [1.54, 1.807) is 10.9 Å². The Balaban J connectivity index is 2.24. The zero-order valence-electron chi connectivity index (χ0n) is 7.09. The van der Waals surface area contributed by atoms with E-state index in [9.17, 15) is 4.79 Å². The summed E-state index contributed by atoms with van der Waals surface area (Å²) in [5.74, 6) is 0. The van der Waals surface area contributed by atoms with E-state index in [-0.39, 0.29) is 6.61 Å². The average Bonchev–Trinajstić information content (AvgIpc) is 2.60. The Morgan fingerprint density at radius 1 is 1.69 bits per heavy atom. The van der Waals surface area contributed by atoms with Crippen LogP contribution in [0, 0.1) is 0 Å². The predicted octanol–water partition coefficient (Wildman–Crippen LogP) is -0.667. The molecule has 0 bridgehead atoms. The molecule has 6 heteroatoms. The first-order valence-electron chi connectivity index (χ1n) is 3.92. The standard InChI is InChI=1S/C7H11N3O3/c11-5-7-4-10(9-8-7)2-1-3-13-6-12/h4,6,11H,1-3,5H2. The van der Waals surface area contributed by atoms with Crippen molar-refractivity contribution in [1.29, 1.82) is 0 Å². The Morgan fingerprint density at radius 2 is 2.54 bits per heavy atom.